The van der Waals surface area contributed by atoms with Gasteiger partial charge in [0.25, 0.3) is 0 Å². The smallest absolute Gasteiger partial charge is 0.0719 e. The van der Waals surface area contributed by atoms with Crippen LogP contribution in [0.4, 0.5) is 0 Å². The van der Waals surface area contributed by atoms with Crippen molar-refractivity contribution in [3.05, 3.63) is 89.6 Å². The zero-order valence-corrected chi connectivity index (χ0v) is 15.6. The van der Waals surface area contributed by atoms with Crippen molar-refractivity contribution in [3.8, 4) is 22.4 Å². The first-order chi connectivity index (χ1) is 17.3. The summed E-state index contributed by atoms with van der Waals surface area (Å²) >= 11 is 1.32. The third-order valence-electron chi connectivity index (χ3n) is 4.93. The zero-order chi connectivity index (χ0) is 26.8. The molecule has 0 atom stereocenters. The summed E-state index contributed by atoms with van der Waals surface area (Å²) in [6, 6.07) is 19.9. The van der Waals surface area contributed by atoms with Gasteiger partial charge in [-0.05, 0) is 54.4 Å². The van der Waals surface area contributed by atoms with E-state index in [4.69, 9.17) is 12.3 Å². The molecule has 0 spiro atoms. The Hall–Kier alpha value is -2.97. The predicted molar refractivity (Wildman–Crippen MR) is 122 cm³/mol. The van der Waals surface area contributed by atoms with E-state index in [9.17, 15) is 0 Å². The van der Waals surface area contributed by atoms with Gasteiger partial charge in [0.05, 0.1) is 5.69 Å². The molecule has 0 fully saturated rings. The molecule has 0 saturated carbocycles. The van der Waals surface area contributed by atoms with Crippen molar-refractivity contribution >= 4 is 31.5 Å². The van der Waals surface area contributed by atoms with Gasteiger partial charge >= 0.3 is 0 Å². The highest BCUT2D eigenvalue weighted by Gasteiger charge is 2.15. The van der Waals surface area contributed by atoms with Crippen molar-refractivity contribution < 1.29 is 12.3 Å². The molecule has 0 bridgehead atoms. The molecule has 0 aliphatic rings. The first-order valence-corrected chi connectivity index (χ1v) is 9.64. The van der Waals surface area contributed by atoms with Gasteiger partial charge in [0, 0.05) is 44.3 Å². The molecule has 1 nitrogen and oxygen atoms in total. The first kappa shape index (κ1) is 9.99. The number of benzene rings is 3. The third-order valence-corrected chi connectivity index (χ3v) is 6.20. The Morgan fingerprint density at radius 3 is 2.43 bits per heavy atom. The topological polar surface area (TPSA) is 12.9 Å². The van der Waals surface area contributed by atoms with Gasteiger partial charge in [0.1, 0.15) is 0 Å². The molecule has 136 valence electrons. The highest BCUT2D eigenvalue weighted by Crippen LogP contribution is 2.43. The molecule has 0 N–H and O–H groups in total. The second kappa shape index (κ2) is 6.57. The molecule has 0 aliphatic heterocycles. The fourth-order valence-corrected chi connectivity index (χ4v) is 4.80. The van der Waals surface area contributed by atoms with Crippen LogP contribution in [0.15, 0.2) is 72.9 Å². The van der Waals surface area contributed by atoms with Crippen molar-refractivity contribution in [1.82, 2.24) is 4.98 Å². The standard InChI is InChI=1S/C26H21NS/c1-16-14-24(27-15-17(16)2)23-11-7-10-21-22-13-12-20(19-8-5-4-6-9-19)18(3)25(22)28-26(21)23/h4-15H,1-3H3/i1D3,2D3,3D3. The molecule has 5 aromatic rings. The van der Waals surface area contributed by atoms with Crippen LogP contribution in [0.2, 0.25) is 0 Å². The lowest BCUT2D eigenvalue weighted by molar-refractivity contribution is 1.22. The molecule has 0 saturated heterocycles. The number of hydrogen-bond donors (Lipinski definition) is 0. The number of rotatable bonds is 2. The van der Waals surface area contributed by atoms with Gasteiger partial charge < -0.3 is 0 Å². The van der Waals surface area contributed by atoms with Crippen LogP contribution in [0, 0.1) is 20.6 Å². The van der Waals surface area contributed by atoms with Gasteiger partial charge in [-0.15, -0.1) is 11.3 Å². The van der Waals surface area contributed by atoms with Crippen molar-refractivity contribution in [2.45, 2.75) is 20.6 Å². The third kappa shape index (κ3) is 2.64. The van der Waals surface area contributed by atoms with E-state index in [1.54, 1.807) is 12.1 Å². The van der Waals surface area contributed by atoms with Gasteiger partial charge in [0.2, 0.25) is 0 Å². The molecule has 0 radical (unpaired) electrons. The molecule has 2 heteroatoms. The monoisotopic (exact) mass is 388 g/mol. The number of pyridine rings is 1. The Morgan fingerprint density at radius 1 is 0.750 bits per heavy atom. The summed E-state index contributed by atoms with van der Waals surface area (Å²) in [5.74, 6) is 0. The summed E-state index contributed by atoms with van der Waals surface area (Å²) in [5.41, 5.74) is 2.04. The lowest BCUT2D eigenvalue weighted by Crippen LogP contribution is -1.88. The molecular formula is C26H21NS. The van der Waals surface area contributed by atoms with Crippen LogP contribution < -0.4 is 0 Å². The molecule has 2 aromatic heterocycles. The number of hydrogen-bond acceptors (Lipinski definition) is 2. The molecule has 5 rings (SSSR count). The minimum Gasteiger partial charge on any atom is -0.256 e. The molecular weight excluding hydrogens is 358 g/mol. The maximum Gasteiger partial charge on any atom is 0.0719 e. The quantitative estimate of drug-likeness (QED) is 0.302. The van der Waals surface area contributed by atoms with Gasteiger partial charge in [-0.3, -0.25) is 4.98 Å². The summed E-state index contributed by atoms with van der Waals surface area (Å²) in [4.78, 5) is 4.33. The fourth-order valence-electron chi connectivity index (χ4n) is 3.52. The number of thiophene rings is 1. The average molecular weight is 389 g/mol. The number of aromatic nitrogens is 1. The van der Waals surface area contributed by atoms with Crippen molar-refractivity contribution in [1.29, 1.82) is 0 Å². The molecule has 0 unspecified atom stereocenters. The van der Waals surface area contributed by atoms with Crippen LogP contribution in [-0.2, 0) is 0 Å². The summed E-state index contributed by atoms with van der Waals surface area (Å²) in [5, 5.41) is 1.60. The first-order valence-electron chi connectivity index (χ1n) is 13.3. The highest BCUT2D eigenvalue weighted by molar-refractivity contribution is 7.26. The van der Waals surface area contributed by atoms with Crippen LogP contribution in [0.25, 0.3) is 42.6 Å². The summed E-state index contributed by atoms with van der Waals surface area (Å²) in [6.07, 6.45) is 1.11. The van der Waals surface area contributed by atoms with E-state index in [-0.39, 0.29) is 16.7 Å². The minimum absolute atomic E-state index is 0.261. The summed E-state index contributed by atoms with van der Waals surface area (Å²) < 4.78 is 73.3. The lowest BCUT2D eigenvalue weighted by atomic mass is 9.98. The Kier molecular flexibility index (Phi) is 2.35. The van der Waals surface area contributed by atoms with Crippen LogP contribution in [0.1, 0.15) is 29.0 Å². The van der Waals surface area contributed by atoms with Crippen molar-refractivity contribution in [2.75, 3.05) is 0 Å². The van der Waals surface area contributed by atoms with E-state index in [1.165, 1.54) is 17.4 Å². The Bertz CT molecular complexity index is 1630. The average Bonchev–Trinajstić information content (AvgIpc) is 3.20. The van der Waals surface area contributed by atoms with Gasteiger partial charge in [0.15, 0.2) is 0 Å². The second-order valence-corrected chi connectivity index (χ2v) is 7.65. The molecule has 2 heterocycles. The van der Waals surface area contributed by atoms with E-state index < -0.39 is 20.6 Å². The minimum atomic E-state index is -2.64. The van der Waals surface area contributed by atoms with E-state index in [1.807, 2.05) is 48.5 Å². The van der Waals surface area contributed by atoms with Gasteiger partial charge in [-0.1, -0.05) is 60.7 Å². The van der Waals surface area contributed by atoms with Gasteiger partial charge in [-0.2, -0.15) is 0 Å². The van der Waals surface area contributed by atoms with Crippen LogP contribution >= 0.6 is 11.3 Å². The fraction of sp³-hybridized carbons (Fsp3) is 0.115. The summed E-state index contributed by atoms with van der Waals surface area (Å²) in [6.45, 7) is -7.64. The number of nitrogens with zero attached hydrogens (tertiary/aromatic N) is 1. The molecule has 0 amide bonds. The predicted octanol–water partition coefficient (Wildman–Crippen LogP) is 7.71. The SMILES string of the molecule is [2H]C([2H])([2H])c1cnc(-c2cccc3c2sc2c(C([2H])([2H])[2H])c(-c4ccccc4)ccc23)cc1C([2H])([2H])[2H]. The normalized spacial score (nSPS) is 17.5. The van der Waals surface area contributed by atoms with Gasteiger partial charge in [-0.25, -0.2) is 0 Å². The Morgan fingerprint density at radius 2 is 1.61 bits per heavy atom. The number of aryl methyl sites for hydroxylation is 3. The molecule has 28 heavy (non-hydrogen) atoms. The molecule has 3 aromatic carbocycles. The summed E-state index contributed by atoms with van der Waals surface area (Å²) in [7, 11) is 0. The van der Waals surface area contributed by atoms with Crippen LogP contribution in [0.3, 0.4) is 0 Å². The van der Waals surface area contributed by atoms with E-state index in [2.05, 4.69) is 4.98 Å². The number of fused-ring (bicyclic) bond motifs is 3. The molecule has 0 aliphatic carbocycles. The highest BCUT2D eigenvalue weighted by atomic mass is 32.1. The Labute approximate surface area is 182 Å². The largest absolute Gasteiger partial charge is 0.256 e. The maximum absolute atomic E-state index is 8.33. The van der Waals surface area contributed by atoms with E-state index >= 15 is 0 Å². The second-order valence-electron chi connectivity index (χ2n) is 6.63. The van der Waals surface area contributed by atoms with E-state index in [0.29, 0.717) is 21.5 Å². The Balaban J connectivity index is 1.81. The van der Waals surface area contributed by atoms with Crippen molar-refractivity contribution in [2.24, 2.45) is 0 Å². The van der Waals surface area contributed by atoms with E-state index in [0.717, 1.165) is 27.2 Å². The van der Waals surface area contributed by atoms with Crippen LogP contribution in [-0.4, -0.2) is 4.98 Å². The lowest BCUT2D eigenvalue weighted by Gasteiger charge is -2.07. The zero-order valence-electron chi connectivity index (χ0n) is 23.8. The maximum atomic E-state index is 8.33. The van der Waals surface area contributed by atoms with Crippen LogP contribution in [0.5, 0.6) is 0 Å². The van der Waals surface area contributed by atoms with Crippen molar-refractivity contribution in [3.63, 3.8) is 0 Å².